The van der Waals surface area contributed by atoms with Crippen molar-refractivity contribution in [1.82, 2.24) is 0 Å². The fraction of sp³-hybridized carbons (Fsp3) is 0.946. The zero-order valence-corrected chi connectivity index (χ0v) is 98.1. The Bertz CT molecular complexity index is 4160. The number of carbonyl (C=O) groups is 7. The Balaban J connectivity index is 0.000000127. The SMILES string of the molecule is CCC(C)(C)C(=O)OC(C)(C)C12CC3CC(CC(C3)C1)C2.CCC(C)(C)C(=O)OC1(C)C2CC3CC(C2)CC1C3.CCC(C)(C)C(=O)OC1(CC)C2CC3CC(C2)CC1C3.CCC(C)C(=O)OC(C)(C)C12CC3CC(CC(C3)C1)C2.CCC(C)C(=O)OC1(C)C2CC3CC(C2)CC1C3.CCCCC(C)(OC(=O)C(C)(C)CC)C12CC3CC(CC(C3)C1)C2.CCCCC1(OC(=O)C(C)(C)CC)C2CC3CC(C2)CC1C3. The summed E-state index contributed by atoms with van der Waals surface area (Å²) in [5, 5.41) is 0. The minimum Gasteiger partial charge on any atom is -0.459 e. The van der Waals surface area contributed by atoms with E-state index in [4.69, 9.17) is 33.2 Å². The third kappa shape index (κ3) is 22.9. The van der Waals surface area contributed by atoms with Crippen LogP contribution in [0.4, 0.5) is 0 Å². The first kappa shape index (κ1) is 114. The normalized spacial score (nSPS) is 41.3. The van der Waals surface area contributed by atoms with Crippen LogP contribution in [0.25, 0.3) is 0 Å². The maximum Gasteiger partial charge on any atom is 0.312 e. The zero-order valence-electron chi connectivity index (χ0n) is 98.1. The van der Waals surface area contributed by atoms with Crippen LogP contribution in [0.1, 0.15) is 535 Å². The van der Waals surface area contributed by atoms with Gasteiger partial charge in [0, 0.05) is 16.2 Å². The molecule has 3 unspecified atom stereocenters. The van der Waals surface area contributed by atoms with Crippen molar-refractivity contribution < 1.29 is 66.7 Å². The second kappa shape index (κ2) is 43.6. The van der Waals surface area contributed by atoms with Crippen molar-refractivity contribution in [2.45, 2.75) is 574 Å². The molecule has 0 heterocycles. The highest BCUT2D eigenvalue weighted by atomic mass is 16.6. The highest BCUT2D eigenvalue weighted by Gasteiger charge is 2.68. The van der Waals surface area contributed by atoms with Crippen LogP contribution >= 0.6 is 0 Å². The zero-order chi connectivity index (χ0) is 105. The monoisotopic (exact) mass is 2000 g/mol. The van der Waals surface area contributed by atoms with Crippen LogP contribution in [0.3, 0.4) is 0 Å². The number of hydrogen-bond donors (Lipinski definition) is 0. The van der Waals surface area contributed by atoms with E-state index in [0.717, 1.165) is 171 Å². The summed E-state index contributed by atoms with van der Waals surface area (Å²) < 4.78 is 43.5. The number of rotatable bonds is 31. The summed E-state index contributed by atoms with van der Waals surface area (Å²) in [5.41, 5.74) is -2.38. The summed E-state index contributed by atoms with van der Waals surface area (Å²) in [6.45, 7) is 60.9. The molecule has 0 N–H and O–H groups in total. The molecule has 0 aromatic rings. The fourth-order valence-corrected chi connectivity index (χ4v) is 37.4. The topological polar surface area (TPSA) is 184 Å². The minimum absolute atomic E-state index is 0.00763. The van der Waals surface area contributed by atoms with E-state index in [0.29, 0.717) is 47.3 Å². The van der Waals surface area contributed by atoms with Crippen molar-refractivity contribution in [3.05, 3.63) is 0 Å². The summed E-state index contributed by atoms with van der Waals surface area (Å²) in [6.07, 6.45) is 65.1. The van der Waals surface area contributed by atoms with E-state index >= 15 is 0 Å². The molecule has 822 valence electrons. The van der Waals surface area contributed by atoms with Gasteiger partial charge in [-0.1, -0.05) is 95.9 Å². The number of esters is 7. The van der Waals surface area contributed by atoms with Crippen LogP contribution in [0.2, 0.25) is 0 Å². The summed E-state index contributed by atoms with van der Waals surface area (Å²) >= 11 is 0. The van der Waals surface area contributed by atoms with Crippen LogP contribution in [0.15, 0.2) is 0 Å². The van der Waals surface area contributed by atoms with Gasteiger partial charge in [0.25, 0.3) is 0 Å². The van der Waals surface area contributed by atoms with Crippen LogP contribution < -0.4 is 0 Å². The highest BCUT2D eigenvalue weighted by Crippen LogP contribution is 2.71. The lowest BCUT2D eigenvalue weighted by molar-refractivity contribution is -0.220. The summed E-state index contributed by atoms with van der Waals surface area (Å²) in [4.78, 5) is 87.9. The maximum absolute atomic E-state index is 12.9. The molecule has 28 saturated carbocycles. The van der Waals surface area contributed by atoms with Gasteiger partial charge < -0.3 is 33.2 Å². The second-order valence-corrected chi connectivity index (χ2v) is 60.5. The molecule has 0 spiro atoms. The summed E-state index contributed by atoms with van der Waals surface area (Å²) in [6, 6.07) is 0. The second-order valence-electron chi connectivity index (χ2n) is 60.5. The lowest BCUT2D eigenvalue weighted by Gasteiger charge is -2.62. The first-order valence-corrected chi connectivity index (χ1v) is 62.1. The van der Waals surface area contributed by atoms with Crippen molar-refractivity contribution >= 4 is 41.8 Å². The van der Waals surface area contributed by atoms with Crippen molar-refractivity contribution in [2.24, 2.45) is 203 Å². The molecule has 28 fully saturated rings. The van der Waals surface area contributed by atoms with Gasteiger partial charge in [0.2, 0.25) is 0 Å². The Morgan fingerprint density at radius 1 is 0.257 bits per heavy atom. The molecular weight excluding hydrogens is 1790 g/mol. The Hall–Kier alpha value is -3.71. The average molecular weight is 2010 g/mol. The average Bonchev–Trinajstić information content (AvgIpc) is 0.720. The Kier molecular flexibility index (Phi) is 34.6. The van der Waals surface area contributed by atoms with Gasteiger partial charge in [0.15, 0.2) is 0 Å². The number of hydrogen-bond acceptors (Lipinski definition) is 14. The molecule has 144 heavy (non-hydrogen) atoms. The van der Waals surface area contributed by atoms with Gasteiger partial charge in [-0.3, -0.25) is 33.6 Å². The summed E-state index contributed by atoms with van der Waals surface area (Å²) in [5.74, 6) is 20.9. The third-order valence-electron chi connectivity index (χ3n) is 48.3. The number of unbranched alkanes of at least 4 members (excludes halogenated alkanes) is 2. The standard InChI is InChI=1S/C22H38O2.C20H34O2.C19H32O2.2C18H30O2.C17H28O2.C16H26O2/c1-6-8-9-21(5,24-19(23)20(3,4)7-2)22-13-16-10-17(14-22)12-18(11-16)15-22;1-5-7-8-20(22-18(21)19(3,4)6-2)16-10-14-9-15(12-16)13-17(20)11-14;1-6-17(2,3)16(20)21-18(4,5)19-10-13-7-14(11-19)9-15(8-13)12-19;1-5-12(2)16(19)20-17(3,4)18-9-13-6-14(10-18)8-15(7-13)11-18;1-5-17(3,4)16(19)20-18(6-2)14-8-12-7-13(10-14)11-15(18)9-12;1-5-16(2,3)15(18)19-17(4)13-7-11-6-12(9-13)10-14(17)8-11;1-4-10(2)15(17)18-16(3)13-6-11-5-12(8-13)9-14(16)7-11/h16-18H,6-15H2,1-5H3;14-17H,5-13H2,1-4H3;13-15H,6-12H2,1-5H3;2*12-15H,5-11H2,1-4H3;11-14H,5-10H2,1-4H3;10-14H,4-9H2,1-3H3. The molecule has 28 aliphatic carbocycles. The highest BCUT2D eigenvalue weighted by molar-refractivity contribution is 5.79. The third-order valence-corrected chi connectivity index (χ3v) is 48.3. The van der Waals surface area contributed by atoms with E-state index in [9.17, 15) is 33.6 Å². The predicted molar refractivity (Wildman–Crippen MR) is 580 cm³/mol. The van der Waals surface area contributed by atoms with E-state index < -0.39 is 0 Å². The van der Waals surface area contributed by atoms with E-state index in [2.05, 4.69) is 118 Å². The summed E-state index contributed by atoms with van der Waals surface area (Å²) in [7, 11) is 0. The number of carbonyl (C=O) groups excluding carboxylic acids is 7. The number of ether oxygens (including phenoxy) is 7. The van der Waals surface area contributed by atoms with E-state index in [1.54, 1.807) is 0 Å². The van der Waals surface area contributed by atoms with E-state index in [-0.39, 0.29) is 136 Å². The van der Waals surface area contributed by atoms with Gasteiger partial charge in [0.05, 0.1) is 38.9 Å². The minimum atomic E-state index is -0.365. The van der Waals surface area contributed by atoms with Crippen molar-refractivity contribution in [3.8, 4) is 0 Å². The quantitative estimate of drug-likeness (QED) is 0.0472. The first-order chi connectivity index (χ1) is 67.4. The van der Waals surface area contributed by atoms with Gasteiger partial charge in [0.1, 0.15) is 39.2 Å². The van der Waals surface area contributed by atoms with Gasteiger partial charge in [-0.2, -0.15) is 0 Å². The van der Waals surface area contributed by atoms with Gasteiger partial charge in [-0.05, 0) is 587 Å². The Morgan fingerprint density at radius 2 is 0.493 bits per heavy atom. The van der Waals surface area contributed by atoms with Gasteiger partial charge in [-0.25, -0.2) is 0 Å². The molecule has 0 saturated heterocycles. The molecule has 14 heteroatoms. The van der Waals surface area contributed by atoms with Gasteiger partial charge in [-0.15, -0.1) is 0 Å². The van der Waals surface area contributed by atoms with Gasteiger partial charge >= 0.3 is 41.8 Å². The fourth-order valence-electron chi connectivity index (χ4n) is 37.4. The molecule has 0 radical (unpaired) electrons. The van der Waals surface area contributed by atoms with Crippen LogP contribution in [-0.4, -0.2) is 81.0 Å². The lowest BCUT2D eigenvalue weighted by atomic mass is 9.45. The van der Waals surface area contributed by atoms with Crippen molar-refractivity contribution in [2.75, 3.05) is 0 Å². The largest absolute Gasteiger partial charge is 0.459 e. The van der Waals surface area contributed by atoms with Crippen LogP contribution in [0.5, 0.6) is 0 Å². The molecular formula is C130H218O14. The molecule has 28 rings (SSSR count). The van der Waals surface area contributed by atoms with E-state index in [1.807, 2.05) is 83.1 Å². The molecule has 28 aliphatic rings. The Labute approximate surface area is 880 Å². The van der Waals surface area contributed by atoms with Crippen molar-refractivity contribution in [1.29, 1.82) is 0 Å². The molecule has 0 aliphatic heterocycles. The molecule has 14 nitrogen and oxygen atoms in total. The van der Waals surface area contributed by atoms with Crippen LogP contribution in [0, 0.1) is 203 Å². The smallest absolute Gasteiger partial charge is 0.312 e. The maximum atomic E-state index is 12.9. The van der Waals surface area contributed by atoms with Crippen LogP contribution in [-0.2, 0) is 66.7 Å². The molecule has 0 aromatic carbocycles. The molecule has 0 aromatic heterocycles. The molecule has 28 bridgehead atoms. The molecule has 3 atom stereocenters. The van der Waals surface area contributed by atoms with Crippen molar-refractivity contribution in [3.63, 3.8) is 0 Å². The predicted octanol–water partition coefficient (Wildman–Crippen LogP) is 33.6. The first-order valence-electron chi connectivity index (χ1n) is 62.1. The van der Waals surface area contributed by atoms with E-state index in [1.165, 1.54) is 263 Å². The Morgan fingerprint density at radius 3 is 0.778 bits per heavy atom. The molecule has 0 amide bonds. The lowest BCUT2D eigenvalue weighted by Crippen LogP contribution is -2.60.